The van der Waals surface area contributed by atoms with E-state index in [1.165, 1.54) is 12.1 Å². The summed E-state index contributed by atoms with van der Waals surface area (Å²) >= 11 is 3.29. The van der Waals surface area contributed by atoms with Crippen LogP contribution in [0.15, 0.2) is 22.7 Å². The summed E-state index contributed by atoms with van der Waals surface area (Å²) in [6.07, 6.45) is 1.44. The fourth-order valence-corrected chi connectivity index (χ4v) is 2.48. The lowest BCUT2D eigenvalue weighted by Crippen LogP contribution is -2.27. The van der Waals surface area contributed by atoms with E-state index in [-0.39, 0.29) is 11.6 Å². The van der Waals surface area contributed by atoms with Crippen molar-refractivity contribution < 1.29 is 10.0 Å². The second-order valence-electron chi connectivity index (χ2n) is 4.45. The number of rotatable bonds is 7. The minimum atomic E-state index is -0.437. The number of hydrogen-bond donors (Lipinski definition) is 2. The number of aliphatic hydroxyl groups is 1. The van der Waals surface area contributed by atoms with Crippen molar-refractivity contribution in [2.75, 3.05) is 11.9 Å². The minimum Gasteiger partial charge on any atom is -0.391 e. The van der Waals surface area contributed by atoms with Crippen molar-refractivity contribution >= 4 is 27.3 Å². The maximum Gasteiger partial charge on any atom is 0.270 e. The molecule has 5 nitrogen and oxygen atoms in total. The molecule has 1 rings (SSSR count). The number of nitrogens with zero attached hydrogens (tertiary/aromatic N) is 1. The van der Waals surface area contributed by atoms with E-state index in [0.717, 1.165) is 18.5 Å². The van der Waals surface area contributed by atoms with Crippen molar-refractivity contribution in [1.29, 1.82) is 0 Å². The number of non-ortho nitro benzene ring substituents is 1. The Morgan fingerprint density at radius 2 is 2.05 bits per heavy atom. The van der Waals surface area contributed by atoms with Gasteiger partial charge in [-0.1, -0.05) is 26.7 Å². The zero-order valence-electron chi connectivity index (χ0n) is 11.1. The molecule has 0 aromatic heterocycles. The topological polar surface area (TPSA) is 75.4 Å². The first-order valence-electron chi connectivity index (χ1n) is 6.35. The molecule has 106 valence electrons. The highest BCUT2D eigenvalue weighted by atomic mass is 79.9. The van der Waals surface area contributed by atoms with Gasteiger partial charge in [-0.15, -0.1) is 0 Å². The van der Waals surface area contributed by atoms with E-state index >= 15 is 0 Å². The summed E-state index contributed by atoms with van der Waals surface area (Å²) in [5.74, 6) is 0.268. The minimum absolute atomic E-state index is 0.0398. The van der Waals surface area contributed by atoms with Crippen LogP contribution < -0.4 is 5.32 Å². The number of hydrogen-bond acceptors (Lipinski definition) is 4. The molecule has 0 spiro atoms. The molecule has 0 saturated carbocycles. The lowest BCUT2D eigenvalue weighted by molar-refractivity contribution is -0.384. The van der Waals surface area contributed by atoms with Gasteiger partial charge in [-0.3, -0.25) is 10.1 Å². The Labute approximate surface area is 121 Å². The number of nitrogens with one attached hydrogen (secondary N) is 1. The molecule has 1 aromatic carbocycles. The molecular weight excluding hydrogens is 312 g/mol. The second kappa shape index (κ2) is 7.45. The first kappa shape index (κ1) is 15.9. The summed E-state index contributed by atoms with van der Waals surface area (Å²) in [7, 11) is 0. The highest BCUT2D eigenvalue weighted by molar-refractivity contribution is 9.10. The normalized spacial score (nSPS) is 12.5. The van der Waals surface area contributed by atoms with Crippen molar-refractivity contribution in [1.82, 2.24) is 0 Å². The molecule has 19 heavy (non-hydrogen) atoms. The third-order valence-electron chi connectivity index (χ3n) is 3.26. The van der Waals surface area contributed by atoms with Crippen LogP contribution in [-0.4, -0.2) is 22.7 Å². The van der Waals surface area contributed by atoms with Crippen LogP contribution >= 0.6 is 15.9 Å². The molecule has 1 atom stereocenters. The molecule has 0 radical (unpaired) electrons. The van der Waals surface area contributed by atoms with Gasteiger partial charge in [0.1, 0.15) is 0 Å². The van der Waals surface area contributed by atoms with Gasteiger partial charge in [-0.2, -0.15) is 0 Å². The van der Waals surface area contributed by atoms with Crippen LogP contribution in [0.5, 0.6) is 0 Å². The molecule has 0 saturated heterocycles. The summed E-state index contributed by atoms with van der Waals surface area (Å²) in [6.45, 7) is 4.54. The second-order valence-corrected chi connectivity index (χ2v) is 5.30. The molecule has 0 heterocycles. The van der Waals surface area contributed by atoms with Crippen molar-refractivity contribution in [2.45, 2.75) is 32.8 Å². The summed E-state index contributed by atoms with van der Waals surface area (Å²) in [6, 6.07) is 4.53. The molecular formula is C13H19BrN2O3. The molecule has 0 aliphatic carbocycles. The van der Waals surface area contributed by atoms with Crippen molar-refractivity contribution in [3.63, 3.8) is 0 Å². The lowest BCUT2D eigenvalue weighted by Gasteiger charge is -2.21. The van der Waals surface area contributed by atoms with Crippen LogP contribution in [0.2, 0.25) is 0 Å². The Morgan fingerprint density at radius 1 is 1.42 bits per heavy atom. The third-order valence-corrected chi connectivity index (χ3v) is 3.91. The fourth-order valence-electron chi connectivity index (χ4n) is 1.97. The summed E-state index contributed by atoms with van der Waals surface area (Å²) < 4.78 is 0.624. The lowest BCUT2D eigenvalue weighted by atomic mass is 9.96. The average Bonchev–Trinajstić information content (AvgIpc) is 2.38. The number of nitro benzene ring substituents is 1. The zero-order chi connectivity index (χ0) is 14.4. The van der Waals surface area contributed by atoms with Crippen LogP contribution in [-0.2, 0) is 0 Å². The molecule has 6 heteroatoms. The number of nitro groups is 1. The largest absolute Gasteiger partial charge is 0.391 e. The highest BCUT2D eigenvalue weighted by Gasteiger charge is 2.16. The van der Waals surface area contributed by atoms with E-state index in [1.54, 1.807) is 6.07 Å². The van der Waals surface area contributed by atoms with Crippen LogP contribution in [0.4, 0.5) is 11.4 Å². The smallest absolute Gasteiger partial charge is 0.270 e. The van der Waals surface area contributed by atoms with E-state index in [1.807, 2.05) is 0 Å². The standard InChI is InChI=1S/C13H19BrN2O3/c1-3-9(4-2)13(17)8-15-12-6-5-10(16(18)19)7-11(12)14/h5-7,9,13,15,17H,3-4,8H2,1-2H3. The van der Waals surface area contributed by atoms with Crippen molar-refractivity contribution in [2.24, 2.45) is 5.92 Å². The summed E-state index contributed by atoms with van der Waals surface area (Å²) in [5, 5.41) is 23.7. The number of anilines is 1. The monoisotopic (exact) mass is 330 g/mol. The van der Waals surface area contributed by atoms with E-state index in [4.69, 9.17) is 0 Å². The molecule has 0 aliphatic heterocycles. The Morgan fingerprint density at radius 3 is 2.53 bits per heavy atom. The predicted octanol–water partition coefficient (Wildman–Crippen LogP) is 3.57. The predicted molar refractivity (Wildman–Crippen MR) is 79.4 cm³/mol. The van der Waals surface area contributed by atoms with Crippen LogP contribution in [0.1, 0.15) is 26.7 Å². The van der Waals surface area contributed by atoms with Crippen LogP contribution in [0.3, 0.4) is 0 Å². The molecule has 0 amide bonds. The van der Waals surface area contributed by atoms with Gasteiger partial charge in [0.05, 0.1) is 11.0 Å². The van der Waals surface area contributed by atoms with Gasteiger partial charge in [0, 0.05) is 28.8 Å². The van der Waals surface area contributed by atoms with Gasteiger partial charge in [0.25, 0.3) is 5.69 Å². The van der Waals surface area contributed by atoms with E-state index in [2.05, 4.69) is 35.1 Å². The quantitative estimate of drug-likeness (QED) is 0.592. The zero-order valence-corrected chi connectivity index (χ0v) is 12.7. The number of benzene rings is 1. The van der Waals surface area contributed by atoms with E-state index in [0.29, 0.717) is 11.0 Å². The molecule has 2 N–H and O–H groups in total. The SMILES string of the molecule is CCC(CC)C(O)CNc1ccc([N+](=O)[O-])cc1Br. The maximum atomic E-state index is 10.6. The molecule has 0 fully saturated rings. The summed E-state index contributed by atoms with van der Waals surface area (Å²) in [5.41, 5.74) is 0.786. The number of aliphatic hydroxyl groups excluding tert-OH is 1. The van der Waals surface area contributed by atoms with Crippen molar-refractivity contribution in [3.8, 4) is 0 Å². The maximum absolute atomic E-state index is 10.6. The third kappa shape index (κ3) is 4.47. The van der Waals surface area contributed by atoms with Crippen LogP contribution in [0, 0.1) is 16.0 Å². The molecule has 0 bridgehead atoms. The molecule has 1 aromatic rings. The van der Waals surface area contributed by atoms with Crippen molar-refractivity contribution in [3.05, 3.63) is 32.8 Å². The van der Waals surface area contributed by atoms with Crippen LogP contribution in [0.25, 0.3) is 0 Å². The molecule has 1 unspecified atom stereocenters. The van der Waals surface area contributed by atoms with E-state index < -0.39 is 11.0 Å². The Balaban J connectivity index is 2.65. The van der Waals surface area contributed by atoms with Gasteiger partial charge in [0.2, 0.25) is 0 Å². The Bertz CT molecular complexity index is 436. The molecule has 0 aliphatic rings. The Hall–Kier alpha value is -1.14. The highest BCUT2D eigenvalue weighted by Crippen LogP contribution is 2.27. The fraction of sp³-hybridized carbons (Fsp3) is 0.538. The van der Waals surface area contributed by atoms with Gasteiger partial charge >= 0.3 is 0 Å². The van der Waals surface area contributed by atoms with Gasteiger partial charge in [0.15, 0.2) is 0 Å². The van der Waals surface area contributed by atoms with E-state index in [9.17, 15) is 15.2 Å². The van der Waals surface area contributed by atoms with Gasteiger partial charge in [-0.25, -0.2) is 0 Å². The Kier molecular flexibility index (Phi) is 6.24. The summed E-state index contributed by atoms with van der Waals surface area (Å²) in [4.78, 5) is 10.2. The van der Waals surface area contributed by atoms with Gasteiger partial charge in [-0.05, 0) is 27.9 Å². The first-order valence-corrected chi connectivity index (χ1v) is 7.14. The van der Waals surface area contributed by atoms with Gasteiger partial charge < -0.3 is 10.4 Å². The first-order chi connectivity index (χ1) is 8.99. The average molecular weight is 331 g/mol. The number of halogens is 1.